The second-order valence-corrected chi connectivity index (χ2v) is 5.69. The Labute approximate surface area is 106 Å². The van der Waals surface area contributed by atoms with Crippen LogP contribution in [0.25, 0.3) is 0 Å². The summed E-state index contributed by atoms with van der Waals surface area (Å²) >= 11 is 0. The van der Waals surface area contributed by atoms with Gasteiger partial charge in [-0.3, -0.25) is 11.3 Å². The molecule has 3 N–H and O–H groups in total. The van der Waals surface area contributed by atoms with Crippen LogP contribution in [0, 0.1) is 11.3 Å². The minimum atomic E-state index is 0.0639. The van der Waals surface area contributed by atoms with Crippen molar-refractivity contribution in [2.75, 3.05) is 20.3 Å². The van der Waals surface area contributed by atoms with E-state index in [9.17, 15) is 0 Å². The largest absolute Gasteiger partial charge is 0.385 e. The Morgan fingerprint density at radius 3 is 2.24 bits per heavy atom. The Balaban J connectivity index is 4.65. The SMILES string of the molecule is CCOC(C(NN)C(C)CCOC)C(C)(C)C. The number of hydrogen-bond acceptors (Lipinski definition) is 4. The Morgan fingerprint density at radius 1 is 1.29 bits per heavy atom. The molecule has 0 radical (unpaired) electrons. The molecule has 3 atom stereocenters. The molecule has 0 aromatic rings. The van der Waals surface area contributed by atoms with Crippen molar-refractivity contribution in [1.29, 1.82) is 0 Å². The van der Waals surface area contributed by atoms with E-state index in [0.717, 1.165) is 13.0 Å². The molecule has 0 fully saturated rings. The first-order valence-corrected chi connectivity index (χ1v) is 6.45. The molecule has 0 spiro atoms. The molecular formula is C13H30N2O2. The molecule has 0 heterocycles. The highest BCUT2D eigenvalue weighted by molar-refractivity contribution is 4.88. The van der Waals surface area contributed by atoms with Gasteiger partial charge in [-0.25, -0.2) is 0 Å². The highest BCUT2D eigenvalue weighted by atomic mass is 16.5. The van der Waals surface area contributed by atoms with Crippen molar-refractivity contribution in [3.8, 4) is 0 Å². The average Bonchev–Trinajstić information content (AvgIpc) is 2.24. The van der Waals surface area contributed by atoms with Gasteiger partial charge in [0, 0.05) is 20.3 Å². The van der Waals surface area contributed by atoms with Crippen LogP contribution >= 0.6 is 0 Å². The Morgan fingerprint density at radius 2 is 1.88 bits per heavy atom. The van der Waals surface area contributed by atoms with Gasteiger partial charge >= 0.3 is 0 Å². The molecule has 0 aliphatic rings. The van der Waals surface area contributed by atoms with Crippen LogP contribution in [-0.2, 0) is 9.47 Å². The van der Waals surface area contributed by atoms with Gasteiger partial charge in [-0.15, -0.1) is 0 Å². The van der Waals surface area contributed by atoms with E-state index in [1.54, 1.807) is 7.11 Å². The van der Waals surface area contributed by atoms with Gasteiger partial charge < -0.3 is 9.47 Å². The van der Waals surface area contributed by atoms with E-state index < -0.39 is 0 Å². The third kappa shape index (κ3) is 5.82. The van der Waals surface area contributed by atoms with Gasteiger partial charge in [-0.1, -0.05) is 27.7 Å². The maximum atomic E-state index is 5.88. The Bertz CT molecular complexity index is 192. The van der Waals surface area contributed by atoms with E-state index in [0.29, 0.717) is 12.5 Å². The zero-order valence-corrected chi connectivity index (χ0v) is 12.2. The van der Waals surface area contributed by atoms with E-state index in [1.807, 2.05) is 6.92 Å². The molecular weight excluding hydrogens is 216 g/mol. The van der Waals surface area contributed by atoms with Gasteiger partial charge in [0.2, 0.25) is 0 Å². The second kappa shape index (κ2) is 8.03. The van der Waals surface area contributed by atoms with Crippen molar-refractivity contribution >= 4 is 0 Å². The topological polar surface area (TPSA) is 56.5 Å². The highest BCUT2D eigenvalue weighted by Crippen LogP contribution is 2.28. The third-order valence-electron chi connectivity index (χ3n) is 3.11. The number of ether oxygens (including phenoxy) is 2. The van der Waals surface area contributed by atoms with Crippen molar-refractivity contribution in [2.45, 2.75) is 53.2 Å². The van der Waals surface area contributed by atoms with E-state index in [2.05, 4.69) is 33.1 Å². The minimum Gasteiger partial charge on any atom is -0.385 e. The van der Waals surface area contributed by atoms with E-state index >= 15 is 0 Å². The number of rotatable bonds is 8. The number of nitrogens with two attached hydrogens (primary N) is 1. The fourth-order valence-corrected chi connectivity index (χ4v) is 2.11. The molecule has 0 aromatic carbocycles. The quantitative estimate of drug-likeness (QED) is 0.507. The fraction of sp³-hybridized carbons (Fsp3) is 1.00. The second-order valence-electron chi connectivity index (χ2n) is 5.69. The predicted octanol–water partition coefficient (Wildman–Crippen LogP) is 1.94. The first-order chi connectivity index (χ1) is 7.88. The standard InChI is InChI=1S/C13H30N2O2/c1-7-17-12(13(3,4)5)11(15-14)10(2)8-9-16-6/h10-12,15H,7-9,14H2,1-6H3. The Kier molecular flexibility index (Phi) is 7.96. The summed E-state index contributed by atoms with van der Waals surface area (Å²) in [5, 5.41) is 0. The van der Waals surface area contributed by atoms with Gasteiger partial charge in [-0.2, -0.15) is 0 Å². The molecule has 4 nitrogen and oxygen atoms in total. The molecule has 0 bridgehead atoms. The zero-order valence-electron chi connectivity index (χ0n) is 12.2. The molecule has 3 unspecified atom stereocenters. The lowest BCUT2D eigenvalue weighted by molar-refractivity contribution is -0.0497. The molecule has 0 aromatic heterocycles. The summed E-state index contributed by atoms with van der Waals surface area (Å²) in [6.07, 6.45) is 1.08. The molecule has 0 saturated carbocycles. The zero-order chi connectivity index (χ0) is 13.5. The first-order valence-electron chi connectivity index (χ1n) is 6.45. The van der Waals surface area contributed by atoms with Crippen LogP contribution in [0.2, 0.25) is 0 Å². The summed E-state index contributed by atoms with van der Waals surface area (Å²) in [4.78, 5) is 0. The van der Waals surface area contributed by atoms with E-state index in [4.69, 9.17) is 15.3 Å². The van der Waals surface area contributed by atoms with Crippen LogP contribution in [0.5, 0.6) is 0 Å². The number of hydrazine groups is 1. The third-order valence-corrected chi connectivity index (χ3v) is 3.11. The minimum absolute atomic E-state index is 0.0639. The van der Waals surface area contributed by atoms with Crippen LogP contribution in [-0.4, -0.2) is 32.5 Å². The summed E-state index contributed by atoms with van der Waals surface area (Å²) in [7, 11) is 1.72. The van der Waals surface area contributed by atoms with Crippen LogP contribution in [0.15, 0.2) is 0 Å². The van der Waals surface area contributed by atoms with Crippen LogP contribution in [0.1, 0.15) is 41.0 Å². The smallest absolute Gasteiger partial charge is 0.0792 e. The van der Waals surface area contributed by atoms with Crippen LogP contribution in [0.3, 0.4) is 0 Å². The van der Waals surface area contributed by atoms with Crippen LogP contribution in [0.4, 0.5) is 0 Å². The van der Waals surface area contributed by atoms with Crippen molar-refractivity contribution in [2.24, 2.45) is 17.2 Å². The average molecular weight is 246 g/mol. The predicted molar refractivity (Wildman–Crippen MR) is 71.6 cm³/mol. The summed E-state index contributed by atoms with van der Waals surface area (Å²) in [6, 6.07) is 0.144. The van der Waals surface area contributed by atoms with E-state index in [-0.39, 0.29) is 17.6 Å². The summed E-state index contributed by atoms with van der Waals surface area (Å²) < 4.78 is 11.0. The molecule has 17 heavy (non-hydrogen) atoms. The molecule has 0 saturated heterocycles. The lowest BCUT2D eigenvalue weighted by atomic mass is 9.79. The summed E-state index contributed by atoms with van der Waals surface area (Å²) in [6.45, 7) is 12.2. The number of nitrogens with one attached hydrogen (secondary N) is 1. The normalized spacial score (nSPS) is 17.8. The molecule has 4 heteroatoms. The maximum absolute atomic E-state index is 5.88. The molecule has 0 rings (SSSR count). The fourth-order valence-electron chi connectivity index (χ4n) is 2.11. The molecule has 104 valence electrons. The number of hydrogen-bond donors (Lipinski definition) is 2. The van der Waals surface area contributed by atoms with E-state index in [1.165, 1.54) is 0 Å². The van der Waals surface area contributed by atoms with Gasteiger partial charge in [0.05, 0.1) is 12.1 Å². The lowest BCUT2D eigenvalue weighted by Gasteiger charge is -2.39. The van der Waals surface area contributed by atoms with Crippen molar-refractivity contribution in [3.05, 3.63) is 0 Å². The van der Waals surface area contributed by atoms with Gasteiger partial charge in [-0.05, 0) is 24.7 Å². The highest BCUT2D eigenvalue weighted by Gasteiger charge is 2.35. The van der Waals surface area contributed by atoms with Gasteiger partial charge in [0.15, 0.2) is 0 Å². The lowest BCUT2D eigenvalue weighted by Crippen LogP contribution is -2.54. The Hall–Kier alpha value is -0.160. The number of methoxy groups -OCH3 is 1. The summed E-state index contributed by atoms with van der Waals surface area (Å²) in [5.41, 5.74) is 2.99. The summed E-state index contributed by atoms with van der Waals surface area (Å²) in [5.74, 6) is 6.12. The monoisotopic (exact) mass is 246 g/mol. The van der Waals surface area contributed by atoms with Crippen molar-refractivity contribution < 1.29 is 9.47 Å². The van der Waals surface area contributed by atoms with Gasteiger partial charge in [0.25, 0.3) is 0 Å². The first kappa shape index (κ1) is 16.8. The van der Waals surface area contributed by atoms with Crippen molar-refractivity contribution in [3.63, 3.8) is 0 Å². The van der Waals surface area contributed by atoms with Crippen LogP contribution < -0.4 is 11.3 Å². The van der Waals surface area contributed by atoms with Gasteiger partial charge in [0.1, 0.15) is 0 Å². The van der Waals surface area contributed by atoms with Crippen molar-refractivity contribution in [1.82, 2.24) is 5.43 Å². The molecule has 0 aliphatic carbocycles. The maximum Gasteiger partial charge on any atom is 0.0792 e. The molecule has 0 amide bonds. The molecule has 0 aliphatic heterocycles.